The number of alkyl halides is 1. The molecule has 0 radical (unpaired) electrons. The van der Waals surface area contributed by atoms with Gasteiger partial charge in [0.05, 0.1) is 16.6 Å². The molecule has 0 saturated heterocycles. The van der Waals surface area contributed by atoms with E-state index in [1.165, 1.54) is 18.3 Å². The van der Waals surface area contributed by atoms with Gasteiger partial charge in [-0.3, -0.25) is 0 Å². The first kappa shape index (κ1) is 29.8. The fourth-order valence-electron chi connectivity index (χ4n) is 4.23. The number of halogens is 2. The summed E-state index contributed by atoms with van der Waals surface area (Å²) < 4.78 is 7.88. The number of carboxylic acids is 1. The Morgan fingerprint density at radius 3 is 2.32 bits per heavy atom. The molecule has 41 heavy (non-hydrogen) atoms. The molecule has 1 N–H and O–H groups in total. The second kappa shape index (κ2) is 14.0. The number of pyridine rings is 1. The Hall–Kier alpha value is -4.13. The molecule has 6 nitrogen and oxygen atoms in total. The minimum Gasteiger partial charge on any atom is -0.478 e. The van der Waals surface area contributed by atoms with Gasteiger partial charge in [0.15, 0.2) is 0 Å². The fraction of sp³-hybridized carbons (Fsp3) is 0.182. The van der Waals surface area contributed by atoms with Gasteiger partial charge in [-0.2, -0.15) is 0 Å². The van der Waals surface area contributed by atoms with Crippen LogP contribution in [0.15, 0.2) is 102 Å². The molecule has 0 saturated carbocycles. The number of hydrogen-bond donors (Lipinski definition) is 1. The Bertz CT molecular complexity index is 1570. The number of aromatic carboxylic acids is 1. The summed E-state index contributed by atoms with van der Waals surface area (Å²) in [5.41, 5.74) is 5.08. The van der Waals surface area contributed by atoms with E-state index in [1.54, 1.807) is 0 Å². The van der Waals surface area contributed by atoms with E-state index < -0.39 is 5.97 Å². The quantitative estimate of drug-likeness (QED) is 0.208. The van der Waals surface area contributed by atoms with E-state index in [2.05, 4.69) is 40.7 Å². The van der Waals surface area contributed by atoms with Gasteiger partial charge in [-0.25, -0.2) is 14.8 Å². The average Bonchev–Trinajstić information content (AvgIpc) is 3.30. The first-order valence-corrected chi connectivity index (χ1v) is 14.2. The zero-order valence-corrected chi connectivity index (χ0v) is 24.6. The number of hydrogen-bond acceptors (Lipinski definition) is 4. The van der Waals surface area contributed by atoms with Crippen molar-refractivity contribution in [3.05, 3.63) is 125 Å². The first-order valence-electron chi connectivity index (χ1n) is 13.4. The standard InChI is InChI=1S/C31H25Cl2N3O3.C2H6/c1-2-36-19-28(26-5-3-4-24(32)17-27(26)33)35-29(36)16-20-6-8-21(9-7-20)22-10-13-25(14-11-22)39-30-15-12-23(18-34-30)31(37)38;1-2/h3-15,17-19,24H,2,16H2,1H3,(H,37,38);1-2H3. The maximum absolute atomic E-state index is 11.0. The van der Waals surface area contributed by atoms with Crippen LogP contribution in [0.1, 0.15) is 48.2 Å². The van der Waals surface area contributed by atoms with E-state index in [9.17, 15) is 4.79 Å². The van der Waals surface area contributed by atoms with Crippen LogP contribution in [0.4, 0.5) is 0 Å². The number of carbonyl (C=O) groups is 1. The molecule has 5 rings (SSSR count). The highest BCUT2D eigenvalue weighted by molar-refractivity contribution is 6.38. The highest BCUT2D eigenvalue weighted by Gasteiger charge is 2.16. The van der Waals surface area contributed by atoms with E-state index >= 15 is 0 Å². The lowest BCUT2D eigenvalue weighted by Gasteiger charge is -2.08. The van der Waals surface area contributed by atoms with Crippen LogP contribution in [0.5, 0.6) is 11.6 Å². The number of rotatable bonds is 8. The van der Waals surface area contributed by atoms with E-state index in [0.29, 0.717) is 23.1 Å². The lowest BCUT2D eigenvalue weighted by molar-refractivity contribution is 0.0696. The number of aromatic nitrogens is 3. The van der Waals surface area contributed by atoms with Crippen molar-refractivity contribution in [3.8, 4) is 22.8 Å². The van der Waals surface area contributed by atoms with E-state index in [1.807, 2.05) is 68.6 Å². The highest BCUT2D eigenvalue weighted by atomic mass is 35.5. The van der Waals surface area contributed by atoms with Gasteiger partial charge < -0.3 is 14.4 Å². The van der Waals surface area contributed by atoms with E-state index in [-0.39, 0.29) is 10.9 Å². The first-order chi connectivity index (χ1) is 19.9. The lowest BCUT2D eigenvalue weighted by Crippen LogP contribution is -2.01. The SMILES string of the molecule is CC.CCn1cc(C2=CC=CC(Cl)C=C2Cl)nc1Cc1ccc(-c2ccc(Oc3ccc(C(=O)O)cn3)cc2)cc1. The molecule has 0 spiro atoms. The van der Waals surface area contributed by atoms with Gasteiger partial charge in [0.1, 0.15) is 11.6 Å². The number of carboxylic acid groups (broad SMARTS) is 1. The summed E-state index contributed by atoms with van der Waals surface area (Å²) in [6.07, 6.45) is 11.6. The molecule has 1 unspecified atom stereocenters. The van der Waals surface area contributed by atoms with Gasteiger partial charge in [0.2, 0.25) is 5.88 Å². The second-order valence-electron chi connectivity index (χ2n) is 8.94. The Labute approximate surface area is 250 Å². The van der Waals surface area contributed by atoms with Gasteiger partial charge in [-0.15, -0.1) is 11.6 Å². The molecule has 0 aliphatic heterocycles. The number of imidazole rings is 1. The molecule has 1 aliphatic carbocycles. The Morgan fingerprint density at radius 1 is 1.02 bits per heavy atom. The summed E-state index contributed by atoms with van der Waals surface area (Å²) in [6.45, 7) is 6.90. The monoisotopic (exact) mass is 587 g/mol. The van der Waals surface area contributed by atoms with Crippen LogP contribution in [0, 0.1) is 0 Å². The highest BCUT2D eigenvalue weighted by Crippen LogP contribution is 2.30. The summed E-state index contributed by atoms with van der Waals surface area (Å²) in [5.74, 6) is 0.887. The Balaban J connectivity index is 0.00000189. The van der Waals surface area contributed by atoms with Crippen LogP contribution in [0.3, 0.4) is 0 Å². The van der Waals surface area contributed by atoms with Crippen LogP contribution < -0.4 is 4.74 Å². The zero-order chi connectivity index (χ0) is 29.4. The van der Waals surface area contributed by atoms with Crippen molar-refractivity contribution in [2.45, 2.75) is 39.1 Å². The summed E-state index contributed by atoms with van der Waals surface area (Å²) in [5, 5.41) is 9.35. The van der Waals surface area contributed by atoms with E-state index in [4.69, 9.17) is 38.0 Å². The predicted molar refractivity (Wildman–Crippen MR) is 166 cm³/mol. The number of allylic oxidation sites excluding steroid dienone is 6. The normalized spacial score (nSPS) is 14.3. The number of ether oxygens (including phenoxy) is 1. The number of nitrogens with zero attached hydrogens (tertiary/aromatic N) is 3. The largest absolute Gasteiger partial charge is 0.478 e. The van der Waals surface area contributed by atoms with E-state index in [0.717, 1.165) is 40.3 Å². The fourth-order valence-corrected chi connectivity index (χ4v) is 4.80. The molecule has 0 bridgehead atoms. The molecule has 2 aromatic heterocycles. The summed E-state index contributed by atoms with van der Waals surface area (Å²) >= 11 is 12.7. The van der Waals surface area contributed by atoms with Crippen molar-refractivity contribution < 1.29 is 14.6 Å². The van der Waals surface area contributed by atoms with Crippen LogP contribution in [0.25, 0.3) is 16.7 Å². The Kier molecular flexibility index (Phi) is 10.2. The van der Waals surface area contributed by atoms with Gasteiger partial charge >= 0.3 is 5.97 Å². The second-order valence-corrected chi connectivity index (χ2v) is 9.85. The van der Waals surface area contributed by atoms with Crippen molar-refractivity contribution in [1.29, 1.82) is 0 Å². The smallest absolute Gasteiger partial charge is 0.337 e. The van der Waals surface area contributed by atoms with Crippen LogP contribution in [0.2, 0.25) is 0 Å². The molecule has 2 heterocycles. The maximum Gasteiger partial charge on any atom is 0.337 e. The van der Waals surface area contributed by atoms with Crippen molar-refractivity contribution >= 4 is 34.7 Å². The molecule has 2 aromatic carbocycles. The average molecular weight is 589 g/mol. The van der Waals surface area contributed by atoms with Crippen LogP contribution >= 0.6 is 23.2 Å². The molecular formula is C33H31Cl2N3O3. The molecule has 8 heteroatoms. The lowest BCUT2D eigenvalue weighted by atomic mass is 10.0. The maximum atomic E-state index is 11.0. The van der Waals surface area contributed by atoms with Crippen LogP contribution in [-0.4, -0.2) is 31.0 Å². The minimum absolute atomic E-state index is 0.112. The molecule has 1 aliphatic rings. The predicted octanol–water partition coefficient (Wildman–Crippen LogP) is 8.76. The summed E-state index contributed by atoms with van der Waals surface area (Å²) in [4.78, 5) is 19.9. The minimum atomic E-state index is -1.03. The third-order valence-corrected chi connectivity index (χ3v) is 6.91. The molecule has 0 fully saturated rings. The molecule has 0 amide bonds. The summed E-state index contributed by atoms with van der Waals surface area (Å²) in [6, 6.07) is 19.1. The number of benzene rings is 2. The van der Waals surface area contributed by atoms with Gasteiger partial charge in [-0.1, -0.05) is 80.1 Å². The van der Waals surface area contributed by atoms with Crippen LogP contribution in [-0.2, 0) is 13.0 Å². The molecule has 1 atom stereocenters. The third-order valence-electron chi connectivity index (χ3n) is 6.31. The van der Waals surface area contributed by atoms with Crippen molar-refractivity contribution in [2.24, 2.45) is 0 Å². The number of aryl methyl sites for hydroxylation is 1. The van der Waals surface area contributed by atoms with Gasteiger partial charge in [0, 0.05) is 42.0 Å². The van der Waals surface area contributed by atoms with Gasteiger partial charge in [0.25, 0.3) is 0 Å². The zero-order valence-electron chi connectivity index (χ0n) is 23.1. The summed E-state index contributed by atoms with van der Waals surface area (Å²) in [7, 11) is 0. The molecule has 4 aromatic rings. The van der Waals surface area contributed by atoms with Crippen molar-refractivity contribution in [2.75, 3.05) is 0 Å². The van der Waals surface area contributed by atoms with Crippen molar-refractivity contribution in [3.63, 3.8) is 0 Å². The molecule has 210 valence electrons. The van der Waals surface area contributed by atoms with Gasteiger partial charge in [-0.05, 0) is 47.9 Å². The molecular weight excluding hydrogens is 557 g/mol. The topological polar surface area (TPSA) is 77.2 Å². The van der Waals surface area contributed by atoms with Crippen molar-refractivity contribution in [1.82, 2.24) is 14.5 Å². The Morgan fingerprint density at radius 2 is 1.71 bits per heavy atom. The third kappa shape index (κ3) is 7.54.